The van der Waals surface area contributed by atoms with Gasteiger partial charge in [-0.2, -0.15) is 4.72 Å². The van der Waals surface area contributed by atoms with E-state index < -0.39 is 45.6 Å². The first-order chi connectivity index (χ1) is 16.5. The van der Waals surface area contributed by atoms with Gasteiger partial charge in [0, 0.05) is 6.07 Å². The first-order valence-corrected chi connectivity index (χ1v) is 11.9. The Morgan fingerprint density at radius 1 is 1.09 bits per heavy atom. The molecule has 0 fully saturated rings. The summed E-state index contributed by atoms with van der Waals surface area (Å²) < 4.78 is 32.7. The number of nitro groups is 1. The summed E-state index contributed by atoms with van der Waals surface area (Å²) in [7, 11) is -4.22. The number of nitrogens with zero attached hydrogens (tertiary/aromatic N) is 1. The highest BCUT2D eigenvalue weighted by molar-refractivity contribution is 7.89. The summed E-state index contributed by atoms with van der Waals surface area (Å²) in [5, 5.41) is 24.9. The minimum Gasteiger partial charge on any atom is -0.454 e. The Hall–Kier alpha value is -3.87. The standard InChI is InChI=1S/C23H23N3O8S/c1-14-19(8-5-9-20(14)26(30)31)24-21(28)13-34-23(29)22(15(2)27)25-35(32,33)18-11-10-16-6-3-4-7-17(16)12-18/h3-12,15,22,25,27H,13H2,1-2H3,(H,24,28)/t15-,22+/m1/s1. The normalized spacial score (nSPS) is 13.1. The molecule has 3 N–H and O–H groups in total. The quantitative estimate of drug-likeness (QED) is 0.228. The van der Waals surface area contributed by atoms with Gasteiger partial charge in [0.15, 0.2) is 6.61 Å². The summed E-state index contributed by atoms with van der Waals surface area (Å²) in [6, 6.07) is 13.9. The number of aliphatic hydroxyl groups is 1. The van der Waals surface area contributed by atoms with Crippen molar-refractivity contribution in [1.29, 1.82) is 0 Å². The van der Waals surface area contributed by atoms with Crippen LogP contribution in [-0.4, -0.2) is 49.1 Å². The molecule has 0 aliphatic carbocycles. The predicted molar refractivity (Wildman–Crippen MR) is 127 cm³/mol. The van der Waals surface area contributed by atoms with Crippen molar-refractivity contribution >= 4 is 44.0 Å². The Kier molecular flexibility index (Phi) is 7.79. The first kappa shape index (κ1) is 25.7. The number of ether oxygens (including phenoxy) is 1. The average molecular weight is 502 g/mol. The molecular formula is C23H23N3O8S. The minimum atomic E-state index is -4.22. The van der Waals surface area contributed by atoms with Crippen LogP contribution in [0.1, 0.15) is 12.5 Å². The molecule has 3 aromatic rings. The van der Waals surface area contributed by atoms with Gasteiger partial charge in [-0.3, -0.25) is 19.7 Å². The molecule has 2 atom stereocenters. The number of amides is 1. The summed E-state index contributed by atoms with van der Waals surface area (Å²) in [5.74, 6) is -1.97. The fourth-order valence-electron chi connectivity index (χ4n) is 3.28. The lowest BCUT2D eigenvalue weighted by Gasteiger charge is -2.20. The van der Waals surface area contributed by atoms with Crippen molar-refractivity contribution in [2.45, 2.75) is 30.9 Å². The molecule has 1 amide bonds. The van der Waals surface area contributed by atoms with Crippen LogP contribution in [0.25, 0.3) is 10.8 Å². The van der Waals surface area contributed by atoms with E-state index in [1.807, 2.05) is 12.1 Å². The van der Waals surface area contributed by atoms with Gasteiger partial charge in [0.25, 0.3) is 11.6 Å². The van der Waals surface area contributed by atoms with Crippen molar-refractivity contribution in [3.05, 3.63) is 76.3 Å². The third-order valence-electron chi connectivity index (χ3n) is 5.17. The molecule has 0 saturated carbocycles. The average Bonchev–Trinajstić information content (AvgIpc) is 2.81. The Labute approximate surface area is 200 Å². The zero-order valence-corrected chi connectivity index (χ0v) is 19.6. The van der Waals surface area contributed by atoms with Gasteiger partial charge in [0.05, 0.1) is 27.2 Å². The van der Waals surface area contributed by atoms with Crippen LogP contribution in [0.2, 0.25) is 0 Å². The summed E-state index contributed by atoms with van der Waals surface area (Å²) >= 11 is 0. The number of anilines is 1. The highest BCUT2D eigenvalue weighted by Crippen LogP contribution is 2.25. The number of hydrogen-bond acceptors (Lipinski definition) is 8. The fraction of sp³-hybridized carbons (Fsp3) is 0.217. The number of nitrogens with one attached hydrogen (secondary N) is 2. The van der Waals surface area contributed by atoms with Crippen molar-refractivity contribution in [1.82, 2.24) is 4.72 Å². The van der Waals surface area contributed by atoms with E-state index in [-0.39, 0.29) is 21.8 Å². The molecule has 35 heavy (non-hydrogen) atoms. The van der Waals surface area contributed by atoms with Gasteiger partial charge in [-0.15, -0.1) is 0 Å². The van der Waals surface area contributed by atoms with Crippen LogP contribution in [0.5, 0.6) is 0 Å². The Bertz CT molecular complexity index is 1390. The van der Waals surface area contributed by atoms with E-state index in [0.29, 0.717) is 5.39 Å². The van der Waals surface area contributed by atoms with Gasteiger partial charge in [-0.25, -0.2) is 8.42 Å². The summed E-state index contributed by atoms with van der Waals surface area (Å²) in [5.41, 5.74) is 0.170. The van der Waals surface area contributed by atoms with Crippen molar-refractivity contribution in [3.8, 4) is 0 Å². The number of fused-ring (bicyclic) bond motifs is 1. The number of benzene rings is 3. The van der Waals surface area contributed by atoms with E-state index in [2.05, 4.69) is 10.0 Å². The molecule has 11 nitrogen and oxygen atoms in total. The fourth-order valence-corrected chi connectivity index (χ4v) is 4.58. The van der Waals surface area contributed by atoms with Crippen LogP contribution in [-0.2, 0) is 24.3 Å². The predicted octanol–water partition coefficient (Wildman–Crippen LogP) is 2.27. The monoisotopic (exact) mass is 501 g/mol. The first-order valence-electron chi connectivity index (χ1n) is 10.4. The van der Waals surface area contributed by atoms with E-state index in [1.54, 1.807) is 18.2 Å². The number of carbonyl (C=O) groups excluding carboxylic acids is 2. The number of sulfonamides is 1. The third-order valence-corrected chi connectivity index (χ3v) is 6.61. The molecule has 0 aliphatic heterocycles. The number of nitro benzene ring substituents is 1. The van der Waals surface area contributed by atoms with Crippen molar-refractivity contribution in [3.63, 3.8) is 0 Å². The molecule has 0 aromatic heterocycles. The maximum atomic E-state index is 12.8. The second-order valence-corrected chi connectivity index (χ2v) is 9.43. The molecule has 0 heterocycles. The van der Waals surface area contributed by atoms with Crippen LogP contribution in [0.4, 0.5) is 11.4 Å². The highest BCUT2D eigenvalue weighted by atomic mass is 32.2. The number of aliphatic hydroxyl groups excluding tert-OH is 1. The molecule has 0 unspecified atom stereocenters. The Balaban J connectivity index is 1.68. The smallest absolute Gasteiger partial charge is 0.327 e. The largest absolute Gasteiger partial charge is 0.454 e. The van der Waals surface area contributed by atoms with Crippen molar-refractivity contribution in [2.24, 2.45) is 0 Å². The summed E-state index contributed by atoms with van der Waals surface area (Å²) in [6.45, 7) is 1.84. The van der Waals surface area contributed by atoms with Gasteiger partial charge in [-0.1, -0.05) is 36.4 Å². The van der Waals surface area contributed by atoms with E-state index >= 15 is 0 Å². The summed E-state index contributed by atoms with van der Waals surface area (Å²) in [4.78, 5) is 35.0. The maximum Gasteiger partial charge on any atom is 0.327 e. The number of esters is 1. The second-order valence-electron chi connectivity index (χ2n) is 7.71. The molecule has 0 saturated heterocycles. The molecule has 3 aromatic carbocycles. The molecule has 0 bridgehead atoms. The van der Waals surface area contributed by atoms with Gasteiger partial charge < -0.3 is 15.2 Å². The zero-order chi connectivity index (χ0) is 25.8. The molecule has 0 radical (unpaired) electrons. The highest BCUT2D eigenvalue weighted by Gasteiger charge is 2.31. The van der Waals surface area contributed by atoms with E-state index in [1.165, 1.54) is 44.2 Å². The molecular weight excluding hydrogens is 478 g/mol. The van der Waals surface area contributed by atoms with E-state index in [9.17, 15) is 33.2 Å². The van der Waals surface area contributed by atoms with Crippen molar-refractivity contribution in [2.75, 3.05) is 11.9 Å². The summed E-state index contributed by atoms with van der Waals surface area (Å²) in [6.07, 6.45) is -1.47. The zero-order valence-electron chi connectivity index (χ0n) is 18.8. The third kappa shape index (κ3) is 6.18. The Morgan fingerprint density at radius 3 is 2.43 bits per heavy atom. The molecule has 184 valence electrons. The lowest BCUT2D eigenvalue weighted by Crippen LogP contribution is -2.48. The number of hydrogen-bond donors (Lipinski definition) is 3. The van der Waals surface area contributed by atoms with Crippen LogP contribution >= 0.6 is 0 Å². The van der Waals surface area contributed by atoms with Crippen LogP contribution < -0.4 is 10.0 Å². The van der Waals surface area contributed by atoms with Crippen molar-refractivity contribution < 1.29 is 32.8 Å². The lowest BCUT2D eigenvalue weighted by atomic mass is 10.1. The second kappa shape index (κ2) is 10.6. The van der Waals surface area contributed by atoms with Gasteiger partial charge >= 0.3 is 5.97 Å². The van der Waals surface area contributed by atoms with Crippen LogP contribution in [0, 0.1) is 17.0 Å². The molecule has 12 heteroatoms. The van der Waals surface area contributed by atoms with Crippen LogP contribution in [0.3, 0.4) is 0 Å². The minimum absolute atomic E-state index is 0.117. The van der Waals surface area contributed by atoms with Crippen LogP contribution in [0.15, 0.2) is 65.6 Å². The Morgan fingerprint density at radius 2 is 1.77 bits per heavy atom. The maximum absolute atomic E-state index is 12.8. The van der Waals surface area contributed by atoms with Gasteiger partial charge in [-0.05, 0) is 42.8 Å². The topological polar surface area (TPSA) is 165 Å². The molecule has 3 rings (SSSR count). The number of rotatable bonds is 9. The lowest BCUT2D eigenvalue weighted by molar-refractivity contribution is -0.385. The van der Waals surface area contributed by atoms with Gasteiger partial charge in [0.1, 0.15) is 6.04 Å². The van der Waals surface area contributed by atoms with E-state index in [0.717, 1.165) is 5.39 Å². The van der Waals surface area contributed by atoms with Gasteiger partial charge in [0.2, 0.25) is 10.0 Å². The van der Waals surface area contributed by atoms with E-state index in [4.69, 9.17) is 4.74 Å². The molecule has 0 spiro atoms. The molecule has 0 aliphatic rings. The number of carbonyl (C=O) groups is 2. The SMILES string of the molecule is Cc1c(NC(=O)COC(=O)[C@@H](NS(=O)(=O)c2ccc3ccccc3c2)[C@@H](C)O)cccc1[N+](=O)[O-].